The maximum absolute atomic E-state index is 14.7. The normalized spacial score (nSPS) is 23.6. The van der Waals surface area contributed by atoms with Gasteiger partial charge in [0.1, 0.15) is 29.9 Å². The highest BCUT2D eigenvalue weighted by Crippen LogP contribution is 2.62. The number of rotatable bonds is 24. The molecule has 14 nitrogen and oxygen atoms in total. The number of amides is 1. The van der Waals surface area contributed by atoms with Crippen LogP contribution in [0.2, 0.25) is 0 Å². The number of benzene rings is 4. The fraction of sp³-hybridized carbons (Fsp3) is 0.462. The Kier molecular flexibility index (Phi) is 15.5. The van der Waals surface area contributed by atoms with Gasteiger partial charge < -0.3 is 44.0 Å². The molecule has 6 atom stereocenters. The number of oxime groups is 1. The van der Waals surface area contributed by atoms with Gasteiger partial charge in [0.2, 0.25) is 11.7 Å². The number of fused-ring (bicyclic) bond motifs is 3. The minimum absolute atomic E-state index is 0.00997. The third kappa shape index (κ3) is 10.3. The fourth-order valence-corrected chi connectivity index (χ4v) is 10.3. The summed E-state index contributed by atoms with van der Waals surface area (Å²) in [6, 6.07) is 25.5. The van der Waals surface area contributed by atoms with E-state index in [1.807, 2.05) is 47.4 Å². The Balaban J connectivity index is 1.29. The molecule has 2 saturated carbocycles. The Hall–Kier alpha value is -5.64. The number of nitrogens with zero attached hydrogens (tertiary/aromatic N) is 3. The summed E-state index contributed by atoms with van der Waals surface area (Å²) in [5.41, 5.74) is 3.13. The molecule has 350 valence electrons. The largest absolute Gasteiger partial charge is 0.459 e. The van der Waals surface area contributed by atoms with E-state index in [2.05, 4.69) is 30.9 Å². The first kappa shape index (κ1) is 46.9. The smallest absolute Gasteiger partial charge is 0.269 e. The highest BCUT2D eigenvalue weighted by molar-refractivity contribution is 6.03. The van der Waals surface area contributed by atoms with E-state index in [4.69, 9.17) is 28.9 Å². The number of carbonyl (C=O) groups excluding carboxylic acids is 1. The third-order valence-electron chi connectivity index (χ3n) is 13.5. The highest BCUT2D eigenvalue weighted by atomic mass is 16.7. The molecule has 0 bridgehead atoms. The van der Waals surface area contributed by atoms with Gasteiger partial charge >= 0.3 is 0 Å². The summed E-state index contributed by atoms with van der Waals surface area (Å²) in [6.45, 7) is 4.70. The summed E-state index contributed by atoms with van der Waals surface area (Å²) in [6.07, 6.45) is 10.1. The van der Waals surface area contributed by atoms with Crippen molar-refractivity contribution in [3.8, 4) is 17.2 Å². The molecule has 0 saturated heterocycles. The van der Waals surface area contributed by atoms with Crippen LogP contribution in [0.1, 0.15) is 74.8 Å². The highest BCUT2D eigenvalue weighted by Gasteiger charge is 2.66. The van der Waals surface area contributed by atoms with Gasteiger partial charge in [-0.3, -0.25) is 14.9 Å². The minimum Gasteiger partial charge on any atom is -0.459 e. The van der Waals surface area contributed by atoms with Gasteiger partial charge in [-0.2, -0.15) is 0 Å². The lowest BCUT2D eigenvalue weighted by Crippen LogP contribution is -2.70. The number of nitro benzene ring substituents is 1. The molecule has 6 unspecified atom stereocenters. The molecule has 3 aliphatic carbocycles. The number of nitro groups is 1. The average molecular weight is 904 g/mol. The molecule has 14 heteroatoms. The Morgan fingerprint density at radius 2 is 1.65 bits per heavy atom. The summed E-state index contributed by atoms with van der Waals surface area (Å²) in [4.78, 5) is 33.6. The van der Waals surface area contributed by atoms with E-state index in [0.717, 1.165) is 60.4 Å². The van der Waals surface area contributed by atoms with Crippen LogP contribution in [0.5, 0.6) is 17.2 Å². The fourth-order valence-electron chi connectivity index (χ4n) is 10.3. The van der Waals surface area contributed by atoms with Crippen molar-refractivity contribution in [1.82, 2.24) is 4.90 Å². The zero-order chi connectivity index (χ0) is 46.0. The van der Waals surface area contributed by atoms with Crippen LogP contribution in [-0.2, 0) is 25.7 Å². The molecule has 0 spiro atoms. The summed E-state index contributed by atoms with van der Waals surface area (Å²) in [5.74, 6) is -0.456. The number of aliphatic hydroxyl groups excluding tert-OH is 3. The van der Waals surface area contributed by atoms with Gasteiger partial charge in [-0.1, -0.05) is 60.5 Å². The number of hydrogen-bond donors (Lipinski definition) is 3. The number of aliphatic hydroxyl groups is 3. The zero-order valence-corrected chi connectivity index (χ0v) is 37.4. The second-order valence-electron chi connectivity index (χ2n) is 17.7. The van der Waals surface area contributed by atoms with Gasteiger partial charge in [0.15, 0.2) is 0 Å². The van der Waals surface area contributed by atoms with Crippen molar-refractivity contribution in [3.63, 3.8) is 0 Å². The second kappa shape index (κ2) is 21.8. The van der Waals surface area contributed by atoms with E-state index in [9.17, 15) is 30.2 Å². The third-order valence-corrected chi connectivity index (χ3v) is 13.5. The molecule has 0 radical (unpaired) electrons. The lowest BCUT2D eigenvalue weighted by atomic mass is 9.55. The first-order valence-corrected chi connectivity index (χ1v) is 23.4. The van der Waals surface area contributed by atoms with Gasteiger partial charge in [-0.15, -0.1) is 6.58 Å². The second-order valence-corrected chi connectivity index (χ2v) is 17.7. The van der Waals surface area contributed by atoms with Crippen molar-refractivity contribution in [3.05, 3.63) is 130 Å². The molecule has 1 amide bonds. The molecule has 8 rings (SSSR count). The summed E-state index contributed by atoms with van der Waals surface area (Å²) in [7, 11) is 0. The predicted molar refractivity (Wildman–Crippen MR) is 249 cm³/mol. The number of allylic oxidation sites excluding steroid dienone is 1. The van der Waals surface area contributed by atoms with Crippen molar-refractivity contribution in [2.45, 2.75) is 82.1 Å². The van der Waals surface area contributed by atoms with E-state index >= 15 is 0 Å². The Morgan fingerprint density at radius 3 is 2.38 bits per heavy atom. The van der Waals surface area contributed by atoms with Crippen LogP contribution in [0.15, 0.2) is 114 Å². The molecule has 4 aromatic carbocycles. The van der Waals surface area contributed by atoms with Crippen molar-refractivity contribution in [2.75, 3.05) is 46.2 Å². The Morgan fingerprint density at radius 1 is 0.909 bits per heavy atom. The maximum atomic E-state index is 14.7. The van der Waals surface area contributed by atoms with Crippen LogP contribution < -0.4 is 9.47 Å². The van der Waals surface area contributed by atoms with Crippen LogP contribution in [-0.4, -0.2) is 94.8 Å². The molecule has 1 heterocycles. The van der Waals surface area contributed by atoms with Crippen LogP contribution >= 0.6 is 0 Å². The van der Waals surface area contributed by atoms with Gasteiger partial charge in [0.05, 0.1) is 43.0 Å². The standard InChI is InChI=1S/C52H61N3O11/c1-2-27-63-52-48(54(23-28-62-29-26-58)51(59)37-15-16-37)33-46(53-64-34-35-13-18-40(19-14-35)55(60)61)44-31-39(11-5-7-24-56)43(12-6-8-25-57)49(50(44)52)45-32-42(21-22-47(45)66-52)65-41-20-17-36-9-3-4-10-38(36)30-41/h2-4,9-10,13-14,17-22,30-32,37,39,43,48-50,56-58H,1,5-8,11-12,15-16,23-29,33-34H2. The van der Waals surface area contributed by atoms with Gasteiger partial charge in [-0.05, 0) is 115 Å². The van der Waals surface area contributed by atoms with Crippen molar-refractivity contribution in [1.29, 1.82) is 0 Å². The van der Waals surface area contributed by atoms with E-state index in [-0.39, 0.29) is 94.5 Å². The van der Waals surface area contributed by atoms with Crippen molar-refractivity contribution >= 4 is 28.1 Å². The lowest BCUT2D eigenvalue weighted by Gasteiger charge is -2.60. The minimum atomic E-state index is -1.44. The molecule has 0 aromatic heterocycles. The lowest BCUT2D eigenvalue weighted by molar-refractivity contribution is -0.384. The molecular formula is C52H61N3O11. The van der Waals surface area contributed by atoms with Crippen LogP contribution in [0.4, 0.5) is 5.69 Å². The van der Waals surface area contributed by atoms with Crippen molar-refractivity contribution < 1.29 is 48.8 Å². The maximum Gasteiger partial charge on any atom is 0.269 e. The summed E-state index contributed by atoms with van der Waals surface area (Å²) >= 11 is 0. The van der Waals surface area contributed by atoms with E-state index < -0.39 is 22.7 Å². The number of non-ortho nitro benzene ring substituents is 1. The van der Waals surface area contributed by atoms with Crippen LogP contribution in [0.25, 0.3) is 10.8 Å². The predicted octanol–water partition coefficient (Wildman–Crippen LogP) is 8.62. The Labute approximate surface area is 385 Å². The Bertz CT molecular complexity index is 2380. The SMILES string of the molecule is C=CCOC12Oc3ccc(Oc4ccc5ccccc5c4)cc3C3C(CCCCO)C(CCCCO)C=C(C(=NOCc4ccc([N+](=O)[O-])cc4)CC1N(CCOCCO)C(=O)C1CC1)C32. The summed E-state index contributed by atoms with van der Waals surface area (Å²) in [5, 5.41) is 48.0. The monoisotopic (exact) mass is 903 g/mol. The van der Waals surface area contributed by atoms with Gasteiger partial charge in [0, 0.05) is 55.7 Å². The number of hydrogen-bond acceptors (Lipinski definition) is 12. The first-order chi connectivity index (χ1) is 32.3. The number of unbranched alkanes of at least 4 members (excludes halogenated alkanes) is 2. The van der Waals surface area contributed by atoms with Crippen LogP contribution in [0.3, 0.4) is 0 Å². The molecule has 66 heavy (non-hydrogen) atoms. The molecular weight excluding hydrogens is 843 g/mol. The first-order valence-electron chi connectivity index (χ1n) is 23.4. The molecule has 4 aliphatic rings. The quantitative estimate of drug-likeness (QED) is 0.0265. The average Bonchev–Trinajstić information content (AvgIpc) is 4.19. The van der Waals surface area contributed by atoms with E-state index in [1.54, 1.807) is 18.2 Å². The van der Waals surface area contributed by atoms with Gasteiger partial charge in [0.25, 0.3) is 5.69 Å². The molecule has 4 aromatic rings. The van der Waals surface area contributed by atoms with Crippen molar-refractivity contribution in [2.24, 2.45) is 28.8 Å². The number of carbonyl (C=O) groups is 1. The number of ether oxygens (including phenoxy) is 4. The van der Waals surface area contributed by atoms with E-state index in [0.29, 0.717) is 41.4 Å². The van der Waals surface area contributed by atoms with E-state index in [1.165, 1.54) is 12.1 Å². The van der Waals surface area contributed by atoms with Crippen LogP contribution in [0, 0.1) is 33.8 Å². The molecule has 1 aliphatic heterocycles. The topological polar surface area (TPSA) is 183 Å². The van der Waals surface area contributed by atoms with Gasteiger partial charge in [-0.25, -0.2) is 0 Å². The zero-order valence-electron chi connectivity index (χ0n) is 37.4. The molecule has 2 fully saturated rings. The summed E-state index contributed by atoms with van der Waals surface area (Å²) < 4.78 is 27.0. The molecule has 3 N–H and O–H groups in total.